The Bertz CT molecular complexity index is 1270. The van der Waals surface area contributed by atoms with Gasteiger partial charge in [-0.05, 0) is 12.8 Å². The molecule has 0 saturated heterocycles. The number of carboxylic acid groups (broad SMARTS) is 1. The fourth-order valence-corrected chi connectivity index (χ4v) is 4.35. The van der Waals surface area contributed by atoms with Gasteiger partial charge in [-0.2, -0.15) is 8.78 Å². The molecule has 0 saturated carbocycles. The number of hydrogen-bond acceptors (Lipinski definition) is 17. The first-order valence-corrected chi connectivity index (χ1v) is 20.2. The lowest BCUT2D eigenvalue weighted by molar-refractivity contribution is -0.146. The van der Waals surface area contributed by atoms with Crippen LogP contribution in [0.5, 0.6) is 5.75 Å². The van der Waals surface area contributed by atoms with Gasteiger partial charge in [0, 0.05) is 12.8 Å². The summed E-state index contributed by atoms with van der Waals surface area (Å²) in [6.07, 6.45) is 0.664. The van der Waals surface area contributed by atoms with Crippen LogP contribution in [0.3, 0.4) is 0 Å². The number of hydrogen-bond donors (Lipinski definition) is 1. The third-order valence-electron chi connectivity index (χ3n) is 7.44. The average Bonchev–Trinajstić information content (AvgIpc) is 3.26. The predicted octanol–water partition coefficient (Wildman–Crippen LogP) is 3.07. The van der Waals surface area contributed by atoms with E-state index in [1.54, 1.807) is 0 Å². The van der Waals surface area contributed by atoms with Crippen molar-refractivity contribution >= 4 is 17.9 Å². The van der Waals surface area contributed by atoms with Crippen molar-refractivity contribution in [1.29, 1.82) is 0 Å². The second-order valence-corrected chi connectivity index (χ2v) is 12.3. The molecule has 1 N–H and O–H groups in total. The van der Waals surface area contributed by atoms with Gasteiger partial charge < -0.3 is 71.4 Å². The fraction of sp³-hybridized carbons (Fsp3) is 0.769. The average molecular weight is 913 g/mol. The summed E-state index contributed by atoms with van der Waals surface area (Å²) in [5.41, 5.74) is 0. The molecule has 0 heterocycles. The summed E-state index contributed by atoms with van der Waals surface area (Å²) in [4.78, 5) is 33.6. The van der Waals surface area contributed by atoms with Crippen LogP contribution in [0, 0.1) is 29.1 Å². The van der Waals surface area contributed by atoms with Crippen molar-refractivity contribution in [3.05, 3.63) is 29.1 Å². The first-order valence-electron chi connectivity index (χ1n) is 20.2. The number of halogens is 5. The SMILES string of the molecule is O=C(O)CCCCC(=O)OCCOCCOCCOCCOCCOCCOCCOCCOCCOCCOCCOCCOCCC(=O)Oc1c(F)c(F)c(F)c(F)c1F. The molecule has 1 aromatic rings. The van der Waals surface area contributed by atoms with Crippen molar-refractivity contribution in [3.63, 3.8) is 0 Å². The van der Waals surface area contributed by atoms with Crippen LogP contribution in [-0.4, -0.2) is 188 Å². The van der Waals surface area contributed by atoms with E-state index in [1.165, 1.54) is 0 Å². The van der Waals surface area contributed by atoms with Crippen molar-refractivity contribution < 1.29 is 108 Å². The molecule has 0 aliphatic rings. The van der Waals surface area contributed by atoms with Gasteiger partial charge in [0.25, 0.3) is 0 Å². The quantitative estimate of drug-likeness (QED) is 0.0250. The standard InChI is InChI=1S/C39H61F5O18/c40-34-35(41)37(43)39(38(44)36(34)42)62-33(48)5-6-49-7-8-50-9-10-51-11-12-52-13-14-53-15-16-54-17-18-55-19-20-56-21-22-57-23-24-58-25-26-59-27-28-60-29-30-61-32(47)4-2-1-3-31(45)46/h1-30H2,(H,45,46). The number of carbonyl (C=O) groups is 3. The maximum atomic E-state index is 13.6. The maximum Gasteiger partial charge on any atom is 0.313 e. The summed E-state index contributed by atoms with van der Waals surface area (Å²) in [5, 5.41) is 8.56. The fourth-order valence-electron chi connectivity index (χ4n) is 4.35. The Balaban J connectivity index is 1.70. The number of carboxylic acids is 1. The number of aliphatic carboxylic acids is 1. The van der Waals surface area contributed by atoms with Crippen LogP contribution in [0.25, 0.3) is 0 Å². The molecular weight excluding hydrogens is 851 g/mol. The van der Waals surface area contributed by atoms with Gasteiger partial charge in [0.1, 0.15) is 6.61 Å². The highest BCUT2D eigenvalue weighted by atomic mass is 19.2. The van der Waals surface area contributed by atoms with Crippen LogP contribution >= 0.6 is 0 Å². The third kappa shape index (κ3) is 32.5. The molecule has 0 amide bonds. The molecule has 1 aromatic carbocycles. The zero-order chi connectivity index (χ0) is 45.3. The van der Waals surface area contributed by atoms with Crippen molar-refractivity contribution in [2.75, 3.05) is 165 Å². The van der Waals surface area contributed by atoms with Gasteiger partial charge in [-0.1, -0.05) is 0 Å². The van der Waals surface area contributed by atoms with E-state index in [1.807, 2.05) is 0 Å². The molecule has 0 fully saturated rings. The van der Waals surface area contributed by atoms with Gasteiger partial charge in [0.15, 0.2) is 0 Å². The number of unbranched alkanes of at least 4 members (excludes halogenated alkanes) is 1. The summed E-state index contributed by atoms with van der Waals surface area (Å²) in [6, 6.07) is 0. The number of ether oxygens (including phenoxy) is 14. The van der Waals surface area contributed by atoms with E-state index in [4.69, 9.17) is 66.7 Å². The van der Waals surface area contributed by atoms with Crippen molar-refractivity contribution in [2.24, 2.45) is 0 Å². The summed E-state index contributed by atoms with van der Waals surface area (Å²) in [6.45, 7) is 8.27. The molecule has 62 heavy (non-hydrogen) atoms. The van der Waals surface area contributed by atoms with Gasteiger partial charge in [0.2, 0.25) is 34.8 Å². The number of benzene rings is 1. The lowest BCUT2D eigenvalue weighted by atomic mass is 10.2. The Morgan fingerprint density at radius 3 is 0.887 bits per heavy atom. The molecular formula is C39H61F5O18. The Hall–Kier alpha value is -3.20. The molecule has 0 aromatic heterocycles. The van der Waals surface area contributed by atoms with E-state index >= 15 is 0 Å². The van der Waals surface area contributed by atoms with Gasteiger partial charge in [-0.25, -0.2) is 13.2 Å². The van der Waals surface area contributed by atoms with E-state index in [0.29, 0.717) is 138 Å². The molecule has 0 aliphatic carbocycles. The van der Waals surface area contributed by atoms with E-state index in [9.17, 15) is 36.3 Å². The highest BCUT2D eigenvalue weighted by Gasteiger charge is 2.28. The first-order chi connectivity index (χ1) is 30.1. The second-order valence-electron chi connectivity index (χ2n) is 12.3. The van der Waals surface area contributed by atoms with E-state index in [-0.39, 0.29) is 58.5 Å². The second kappa shape index (κ2) is 40.6. The first kappa shape index (κ1) is 56.8. The molecule has 0 unspecified atom stereocenters. The van der Waals surface area contributed by atoms with Crippen LogP contribution in [0.4, 0.5) is 22.0 Å². The lowest BCUT2D eigenvalue weighted by Gasteiger charge is -2.09. The van der Waals surface area contributed by atoms with Crippen molar-refractivity contribution in [2.45, 2.75) is 32.1 Å². The summed E-state index contributed by atoms with van der Waals surface area (Å²) in [7, 11) is 0. The topological polar surface area (TPSA) is 201 Å². The van der Waals surface area contributed by atoms with Gasteiger partial charge in [-0.3, -0.25) is 14.4 Å². The Labute approximate surface area is 357 Å². The number of carbonyl (C=O) groups excluding carboxylic acids is 2. The van der Waals surface area contributed by atoms with E-state index in [0.717, 1.165) is 0 Å². The largest absolute Gasteiger partial charge is 0.481 e. The Morgan fingerprint density at radius 1 is 0.323 bits per heavy atom. The highest BCUT2D eigenvalue weighted by molar-refractivity contribution is 5.72. The zero-order valence-corrected chi connectivity index (χ0v) is 35.0. The minimum absolute atomic E-state index is 0.0426. The van der Waals surface area contributed by atoms with Crippen LogP contribution in [0.1, 0.15) is 32.1 Å². The van der Waals surface area contributed by atoms with Crippen LogP contribution < -0.4 is 4.74 Å². The minimum Gasteiger partial charge on any atom is -0.481 e. The summed E-state index contributed by atoms with van der Waals surface area (Å²) in [5.74, 6) is -15.4. The predicted molar refractivity (Wildman–Crippen MR) is 203 cm³/mol. The summed E-state index contributed by atoms with van der Waals surface area (Å²) >= 11 is 0. The normalized spacial score (nSPS) is 11.4. The highest BCUT2D eigenvalue weighted by Crippen LogP contribution is 2.29. The molecule has 23 heteroatoms. The monoisotopic (exact) mass is 912 g/mol. The number of esters is 2. The van der Waals surface area contributed by atoms with Crippen LogP contribution in [0.15, 0.2) is 0 Å². The molecule has 0 bridgehead atoms. The van der Waals surface area contributed by atoms with Gasteiger partial charge in [-0.15, -0.1) is 0 Å². The van der Waals surface area contributed by atoms with E-state index in [2.05, 4.69) is 4.74 Å². The molecule has 0 radical (unpaired) electrons. The molecule has 0 aliphatic heterocycles. The maximum absolute atomic E-state index is 13.6. The Morgan fingerprint density at radius 2 is 0.581 bits per heavy atom. The zero-order valence-electron chi connectivity index (χ0n) is 35.0. The summed E-state index contributed by atoms with van der Waals surface area (Å²) < 4.78 is 140. The minimum atomic E-state index is -2.36. The van der Waals surface area contributed by atoms with Crippen LogP contribution in [-0.2, 0) is 76.0 Å². The van der Waals surface area contributed by atoms with Gasteiger partial charge >= 0.3 is 17.9 Å². The molecule has 0 atom stereocenters. The molecule has 0 spiro atoms. The molecule has 1 rings (SSSR count). The molecule has 360 valence electrons. The number of rotatable bonds is 45. The van der Waals surface area contributed by atoms with Gasteiger partial charge in [0.05, 0.1) is 165 Å². The van der Waals surface area contributed by atoms with Crippen molar-refractivity contribution in [3.8, 4) is 5.75 Å². The Kier molecular flexibility index (Phi) is 37.2. The van der Waals surface area contributed by atoms with Crippen LogP contribution in [0.2, 0.25) is 0 Å². The molecule has 18 nitrogen and oxygen atoms in total. The third-order valence-corrected chi connectivity index (χ3v) is 7.44. The van der Waals surface area contributed by atoms with E-state index < -0.39 is 53.2 Å². The van der Waals surface area contributed by atoms with Crippen molar-refractivity contribution in [1.82, 2.24) is 0 Å². The lowest BCUT2D eigenvalue weighted by Crippen LogP contribution is -2.16. The smallest absolute Gasteiger partial charge is 0.313 e.